The molecular weight excluding hydrogens is 378 g/mol. The molecule has 8 heteroatoms. The van der Waals surface area contributed by atoms with Crippen molar-refractivity contribution in [2.75, 3.05) is 39.1 Å². The molecule has 2 amide bonds. The highest BCUT2D eigenvalue weighted by molar-refractivity contribution is 7.90. The Hall–Kier alpha value is -1.64. The normalized spacial score (nSPS) is 17.9. The SMILES string of the molecule is CC(C)CC(CNC(=O)NC(C)c1ccc(S(C)(=O)=O)cc1)N1CCOCC1. The number of hydrogen-bond donors (Lipinski definition) is 2. The van der Waals surface area contributed by atoms with Gasteiger partial charge >= 0.3 is 6.03 Å². The summed E-state index contributed by atoms with van der Waals surface area (Å²) in [6.07, 6.45) is 2.20. The molecule has 1 aromatic rings. The van der Waals surface area contributed by atoms with E-state index in [0.717, 1.165) is 38.3 Å². The summed E-state index contributed by atoms with van der Waals surface area (Å²) in [6.45, 7) is 10.1. The minimum Gasteiger partial charge on any atom is -0.379 e. The van der Waals surface area contributed by atoms with Gasteiger partial charge in [-0.3, -0.25) is 4.90 Å². The average Bonchev–Trinajstić information content (AvgIpc) is 2.65. The van der Waals surface area contributed by atoms with Crippen LogP contribution in [0.2, 0.25) is 0 Å². The van der Waals surface area contributed by atoms with Crippen LogP contribution in [0.15, 0.2) is 29.2 Å². The molecule has 0 aliphatic carbocycles. The Morgan fingerprint density at radius 2 is 1.75 bits per heavy atom. The number of carbonyl (C=O) groups excluding carboxylic acids is 1. The summed E-state index contributed by atoms with van der Waals surface area (Å²) in [7, 11) is -3.22. The van der Waals surface area contributed by atoms with Crippen LogP contribution < -0.4 is 10.6 Å². The number of carbonyl (C=O) groups is 1. The lowest BCUT2D eigenvalue weighted by Crippen LogP contribution is -2.50. The molecule has 0 spiro atoms. The van der Waals surface area contributed by atoms with Crippen LogP contribution in [0.1, 0.15) is 38.8 Å². The number of nitrogens with zero attached hydrogens (tertiary/aromatic N) is 1. The topological polar surface area (TPSA) is 87.7 Å². The van der Waals surface area contributed by atoms with Crippen molar-refractivity contribution in [3.63, 3.8) is 0 Å². The van der Waals surface area contributed by atoms with Crippen LogP contribution in [-0.2, 0) is 14.6 Å². The van der Waals surface area contributed by atoms with Gasteiger partial charge in [-0.25, -0.2) is 13.2 Å². The van der Waals surface area contributed by atoms with Crippen LogP contribution >= 0.6 is 0 Å². The van der Waals surface area contributed by atoms with Crippen molar-refractivity contribution in [3.05, 3.63) is 29.8 Å². The molecule has 1 aliphatic rings. The molecule has 1 fully saturated rings. The lowest BCUT2D eigenvalue weighted by molar-refractivity contribution is 0.0129. The monoisotopic (exact) mass is 411 g/mol. The van der Waals surface area contributed by atoms with Crippen LogP contribution in [-0.4, -0.2) is 64.5 Å². The zero-order valence-corrected chi connectivity index (χ0v) is 18.1. The number of sulfone groups is 1. The summed E-state index contributed by atoms with van der Waals surface area (Å²) in [5, 5.41) is 5.92. The fourth-order valence-electron chi connectivity index (χ4n) is 3.39. The van der Waals surface area contributed by atoms with Gasteiger partial charge in [0.05, 0.1) is 24.2 Å². The van der Waals surface area contributed by atoms with Gasteiger partial charge in [0.25, 0.3) is 0 Å². The summed E-state index contributed by atoms with van der Waals surface area (Å²) in [5.41, 5.74) is 0.856. The number of ether oxygens (including phenoxy) is 1. The van der Waals surface area contributed by atoms with E-state index < -0.39 is 9.84 Å². The predicted octanol–water partition coefficient (Wildman–Crippen LogP) is 2.20. The molecular formula is C20H33N3O4S. The quantitative estimate of drug-likeness (QED) is 0.685. The minimum absolute atomic E-state index is 0.221. The Kier molecular flexibility index (Phi) is 8.27. The molecule has 1 aromatic carbocycles. The van der Waals surface area contributed by atoms with Crippen LogP contribution in [0.3, 0.4) is 0 Å². The number of hydrogen-bond acceptors (Lipinski definition) is 5. The summed E-state index contributed by atoms with van der Waals surface area (Å²) in [6, 6.07) is 6.45. The smallest absolute Gasteiger partial charge is 0.315 e. The zero-order chi connectivity index (χ0) is 20.7. The van der Waals surface area contributed by atoms with Gasteiger partial charge in [-0.1, -0.05) is 26.0 Å². The Morgan fingerprint density at radius 1 is 1.14 bits per heavy atom. The van der Waals surface area contributed by atoms with E-state index in [1.165, 1.54) is 6.26 Å². The molecule has 158 valence electrons. The molecule has 2 rings (SSSR count). The van der Waals surface area contributed by atoms with Crippen LogP contribution in [0.5, 0.6) is 0 Å². The molecule has 2 unspecified atom stereocenters. The highest BCUT2D eigenvalue weighted by Crippen LogP contribution is 2.16. The third kappa shape index (κ3) is 7.07. The fourth-order valence-corrected chi connectivity index (χ4v) is 4.02. The van der Waals surface area contributed by atoms with Gasteiger partial charge in [0.2, 0.25) is 0 Å². The van der Waals surface area contributed by atoms with Crippen molar-refractivity contribution in [3.8, 4) is 0 Å². The summed E-state index contributed by atoms with van der Waals surface area (Å²) in [5.74, 6) is 0.546. The molecule has 2 atom stereocenters. The molecule has 28 heavy (non-hydrogen) atoms. The van der Waals surface area contributed by atoms with E-state index in [1.807, 2.05) is 6.92 Å². The van der Waals surface area contributed by atoms with Gasteiger partial charge in [0.15, 0.2) is 9.84 Å². The maximum atomic E-state index is 12.4. The number of benzene rings is 1. The van der Waals surface area contributed by atoms with Gasteiger partial charge in [0, 0.05) is 31.9 Å². The van der Waals surface area contributed by atoms with Crippen molar-refractivity contribution in [2.45, 2.75) is 44.2 Å². The number of urea groups is 1. The van der Waals surface area contributed by atoms with Gasteiger partial charge < -0.3 is 15.4 Å². The first-order valence-electron chi connectivity index (χ1n) is 9.83. The molecule has 1 heterocycles. The van der Waals surface area contributed by atoms with E-state index in [-0.39, 0.29) is 17.0 Å². The average molecular weight is 412 g/mol. The van der Waals surface area contributed by atoms with E-state index in [2.05, 4.69) is 29.4 Å². The molecule has 0 aromatic heterocycles. The lowest BCUT2D eigenvalue weighted by Gasteiger charge is -2.35. The van der Waals surface area contributed by atoms with E-state index in [9.17, 15) is 13.2 Å². The Labute approximate surface area is 168 Å². The Balaban J connectivity index is 1.88. The molecule has 1 saturated heterocycles. The lowest BCUT2D eigenvalue weighted by atomic mass is 10.0. The second kappa shape index (κ2) is 10.2. The molecule has 2 N–H and O–H groups in total. The first kappa shape index (κ1) is 22.6. The number of nitrogens with one attached hydrogen (secondary N) is 2. The predicted molar refractivity (Wildman–Crippen MR) is 110 cm³/mol. The van der Waals surface area contributed by atoms with Crippen molar-refractivity contribution >= 4 is 15.9 Å². The third-order valence-electron chi connectivity index (χ3n) is 4.96. The highest BCUT2D eigenvalue weighted by Gasteiger charge is 2.22. The first-order chi connectivity index (χ1) is 13.2. The number of amides is 2. The molecule has 0 bridgehead atoms. The van der Waals surface area contributed by atoms with Crippen molar-refractivity contribution < 1.29 is 17.9 Å². The Bertz CT molecular complexity index is 728. The number of morpholine rings is 1. The standard InChI is InChI=1S/C20H33N3O4S/c1-15(2)13-18(23-9-11-27-12-10-23)14-21-20(24)22-16(3)17-5-7-19(8-6-17)28(4,25)26/h5-8,15-16,18H,9-14H2,1-4H3,(H2,21,22,24). The van der Waals surface area contributed by atoms with Crippen molar-refractivity contribution in [1.82, 2.24) is 15.5 Å². The van der Waals surface area contributed by atoms with Gasteiger partial charge in [-0.05, 0) is 37.0 Å². The molecule has 0 saturated carbocycles. The van der Waals surface area contributed by atoms with E-state index in [4.69, 9.17) is 4.74 Å². The second-order valence-corrected chi connectivity index (χ2v) is 9.86. The molecule has 7 nitrogen and oxygen atoms in total. The summed E-state index contributed by atoms with van der Waals surface area (Å²) in [4.78, 5) is 15.0. The zero-order valence-electron chi connectivity index (χ0n) is 17.3. The second-order valence-electron chi connectivity index (χ2n) is 7.85. The van der Waals surface area contributed by atoms with Crippen molar-refractivity contribution in [1.29, 1.82) is 0 Å². The van der Waals surface area contributed by atoms with Crippen LogP contribution in [0.25, 0.3) is 0 Å². The van der Waals surface area contributed by atoms with Gasteiger partial charge in [0.1, 0.15) is 0 Å². The largest absolute Gasteiger partial charge is 0.379 e. The third-order valence-corrected chi connectivity index (χ3v) is 6.09. The van der Waals surface area contributed by atoms with Crippen LogP contribution in [0.4, 0.5) is 4.79 Å². The van der Waals surface area contributed by atoms with Gasteiger partial charge in [-0.15, -0.1) is 0 Å². The van der Waals surface area contributed by atoms with E-state index in [0.29, 0.717) is 18.5 Å². The molecule has 0 radical (unpaired) electrons. The Morgan fingerprint density at radius 3 is 2.29 bits per heavy atom. The minimum atomic E-state index is -3.22. The maximum absolute atomic E-state index is 12.4. The maximum Gasteiger partial charge on any atom is 0.315 e. The van der Waals surface area contributed by atoms with Crippen LogP contribution in [0, 0.1) is 5.92 Å². The van der Waals surface area contributed by atoms with E-state index in [1.54, 1.807) is 24.3 Å². The van der Waals surface area contributed by atoms with Gasteiger partial charge in [-0.2, -0.15) is 0 Å². The van der Waals surface area contributed by atoms with Crippen molar-refractivity contribution in [2.24, 2.45) is 5.92 Å². The van der Waals surface area contributed by atoms with E-state index >= 15 is 0 Å². The molecule has 1 aliphatic heterocycles. The summed E-state index contributed by atoms with van der Waals surface area (Å²) < 4.78 is 28.5. The number of rotatable bonds is 8. The first-order valence-corrected chi connectivity index (χ1v) is 11.7. The fraction of sp³-hybridized carbons (Fsp3) is 0.650. The highest BCUT2D eigenvalue weighted by atomic mass is 32.2. The summed E-state index contributed by atoms with van der Waals surface area (Å²) >= 11 is 0.